The maximum atomic E-state index is 12.0. The van der Waals surface area contributed by atoms with Crippen molar-refractivity contribution in [2.24, 2.45) is 5.92 Å². The fourth-order valence-corrected chi connectivity index (χ4v) is 2.44. The Bertz CT molecular complexity index is 767. The minimum atomic E-state index is -0.0469. The molecule has 2 heteroatoms. The summed E-state index contributed by atoms with van der Waals surface area (Å²) < 4.78 is 5.65. The number of hydrogen-bond donors (Lipinski definition) is 0. The van der Waals surface area contributed by atoms with Crippen LogP contribution in [-0.4, -0.2) is 5.78 Å². The van der Waals surface area contributed by atoms with E-state index in [1.54, 1.807) is 0 Å². The smallest absolute Gasteiger partial charge is 0.200 e. The van der Waals surface area contributed by atoms with Crippen LogP contribution in [0.25, 0.3) is 11.0 Å². The molecule has 0 N–H and O–H groups in total. The van der Waals surface area contributed by atoms with E-state index >= 15 is 0 Å². The van der Waals surface area contributed by atoms with Crippen molar-refractivity contribution in [1.82, 2.24) is 0 Å². The third-order valence-electron chi connectivity index (χ3n) is 3.60. The summed E-state index contributed by atoms with van der Waals surface area (Å²) in [6, 6.07) is 18.3. The molecule has 0 saturated carbocycles. The Balaban J connectivity index is 1.91. The first-order valence-electron chi connectivity index (χ1n) is 7.24. The summed E-state index contributed by atoms with van der Waals surface area (Å²) in [5.41, 5.74) is 3.27. The number of hydrogen-bond acceptors (Lipinski definition) is 2. The maximum absolute atomic E-state index is 12.0. The first-order chi connectivity index (χ1) is 10.1. The minimum absolute atomic E-state index is 0.0469. The number of ketones is 1. The van der Waals surface area contributed by atoms with Gasteiger partial charge in [-0.15, -0.1) is 0 Å². The third-order valence-corrected chi connectivity index (χ3v) is 3.60. The molecule has 0 fully saturated rings. The maximum Gasteiger partial charge on any atom is 0.200 e. The molecule has 0 aliphatic carbocycles. The van der Waals surface area contributed by atoms with Crippen molar-refractivity contribution in [2.75, 3.05) is 0 Å². The second-order valence-corrected chi connectivity index (χ2v) is 5.66. The van der Waals surface area contributed by atoms with E-state index in [0.29, 0.717) is 5.76 Å². The molecule has 0 unspecified atom stereocenters. The van der Waals surface area contributed by atoms with E-state index in [9.17, 15) is 4.79 Å². The number of carbonyl (C=O) groups excluding carboxylic acids is 1. The lowest BCUT2D eigenvalue weighted by atomic mass is 10.0. The van der Waals surface area contributed by atoms with E-state index in [4.69, 9.17) is 4.42 Å². The van der Waals surface area contributed by atoms with Crippen LogP contribution in [0.4, 0.5) is 0 Å². The van der Waals surface area contributed by atoms with Crippen LogP contribution in [0.1, 0.15) is 35.5 Å². The molecule has 0 spiro atoms. The van der Waals surface area contributed by atoms with Gasteiger partial charge >= 0.3 is 0 Å². The number of rotatable bonds is 4. The highest BCUT2D eigenvalue weighted by Crippen LogP contribution is 2.23. The summed E-state index contributed by atoms with van der Waals surface area (Å²) >= 11 is 0. The van der Waals surface area contributed by atoms with Gasteiger partial charge in [-0.25, -0.2) is 0 Å². The lowest BCUT2D eigenvalue weighted by Crippen LogP contribution is -2.05. The van der Waals surface area contributed by atoms with Crippen LogP contribution >= 0.6 is 0 Å². The predicted octanol–water partition coefficient (Wildman–Crippen LogP) is 4.86. The summed E-state index contributed by atoms with van der Waals surface area (Å²) in [6.45, 7) is 3.77. The van der Waals surface area contributed by atoms with Crippen molar-refractivity contribution in [3.8, 4) is 0 Å². The highest BCUT2D eigenvalue weighted by Gasteiger charge is 2.15. The molecule has 3 aromatic rings. The molecule has 0 amide bonds. The molecular formula is C19H18O2. The van der Waals surface area contributed by atoms with Crippen molar-refractivity contribution in [3.63, 3.8) is 0 Å². The standard InChI is InChI=1S/C19H18O2/c1-13(2)19(20)18-12-16-11-15(8-9-17(16)21-18)10-14-6-4-3-5-7-14/h3-9,11-13H,10H2,1-2H3. The van der Waals surface area contributed by atoms with E-state index in [-0.39, 0.29) is 11.7 Å². The highest BCUT2D eigenvalue weighted by atomic mass is 16.3. The summed E-state index contributed by atoms with van der Waals surface area (Å²) in [6.07, 6.45) is 0.884. The topological polar surface area (TPSA) is 30.2 Å². The molecule has 0 aliphatic heterocycles. The van der Waals surface area contributed by atoms with E-state index in [1.165, 1.54) is 11.1 Å². The Morgan fingerprint density at radius 2 is 1.76 bits per heavy atom. The molecule has 3 rings (SSSR count). The lowest BCUT2D eigenvalue weighted by molar-refractivity contribution is 0.0913. The molecule has 0 radical (unpaired) electrons. The largest absolute Gasteiger partial charge is 0.453 e. The molecule has 0 bridgehead atoms. The van der Waals surface area contributed by atoms with Gasteiger partial charge in [0.2, 0.25) is 5.78 Å². The van der Waals surface area contributed by atoms with Gasteiger partial charge in [0.15, 0.2) is 5.76 Å². The SMILES string of the molecule is CC(C)C(=O)c1cc2cc(Cc3ccccc3)ccc2o1. The highest BCUT2D eigenvalue weighted by molar-refractivity contribution is 5.98. The Kier molecular flexibility index (Phi) is 3.61. The predicted molar refractivity (Wildman–Crippen MR) is 84.6 cm³/mol. The van der Waals surface area contributed by atoms with E-state index in [1.807, 2.05) is 44.2 Å². The molecule has 1 aromatic heterocycles. The number of fused-ring (bicyclic) bond motifs is 1. The van der Waals surface area contributed by atoms with Gasteiger partial charge in [-0.2, -0.15) is 0 Å². The minimum Gasteiger partial charge on any atom is -0.453 e. The quantitative estimate of drug-likeness (QED) is 0.638. The van der Waals surface area contributed by atoms with Crippen molar-refractivity contribution < 1.29 is 9.21 Å². The first kappa shape index (κ1) is 13.6. The third kappa shape index (κ3) is 2.89. The van der Waals surface area contributed by atoms with Crippen LogP contribution in [-0.2, 0) is 6.42 Å². The monoisotopic (exact) mass is 278 g/mol. The second-order valence-electron chi connectivity index (χ2n) is 5.66. The van der Waals surface area contributed by atoms with Gasteiger partial charge in [0.05, 0.1) is 0 Å². The molecule has 2 nitrogen and oxygen atoms in total. The molecule has 2 aromatic carbocycles. The van der Waals surface area contributed by atoms with Gasteiger partial charge in [0.1, 0.15) is 5.58 Å². The van der Waals surface area contributed by atoms with Gasteiger partial charge < -0.3 is 4.42 Å². The summed E-state index contributed by atoms with van der Waals surface area (Å²) in [5, 5.41) is 0.993. The van der Waals surface area contributed by atoms with Crippen molar-refractivity contribution in [3.05, 3.63) is 71.5 Å². The molecule has 0 aliphatic rings. The Hall–Kier alpha value is -2.35. The van der Waals surface area contributed by atoms with Crippen LogP contribution in [0.15, 0.2) is 59.0 Å². The average Bonchev–Trinajstić information content (AvgIpc) is 2.90. The fourth-order valence-electron chi connectivity index (χ4n) is 2.44. The van der Waals surface area contributed by atoms with Crippen LogP contribution in [0.5, 0.6) is 0 Å². The van der Waals surface area contributed by atoms with Gasteiger partial charge in [-0.05, 0) is 35.7 Å². The fraction of sp³-hybridized carbons (Fsp3) is 0.211. The van der Waals surface area contributed by atoms with E-state index in [0.717, 1.165) is 17.4 Å². The Morgan fingerprint density at radius 1 is 1.00 bits per heavy atom. The molecule has 1 heterocycles. The normalized spacial score (nSPS) is 11.2. The second kappa shape index (κ2) is 5.57. The van der Waals surface area contributed by atoms with Gasteiger partial charge in [-0.3, -0.25) is 4.79 Å². The zero-order valence-electron chi connectivity index (χ0n) is 12.3. The number of benzene rings is 2. The number of carbonyl (C=O) groups is 1. The Labute approximate surface area is 124 Å². The van der Waals surface area contributed by atoms with Crippen molar-refractivity contribution >= 4 is 16.8 Å². The van der Waals surface area contributed by atoms with Gasteiger partial charge in [-0.1, -0.05) is 50.2 Å². The Morgan fingerprint density at radius 3 is 2.48 bits per heavy atom. The van der Waals surface area contributed by atoms with Crippen LogP contribution < -0.4 is 0 Å². The van der Waals surface area contributed by atoms with Gasteiger partial charge in [0, 0.05) is 11.3 Å². The summed E-state index contributed by atoms with van der Waals surface area (Å²) in [5.74, 6) is 0.460. The zero-order valence-corrected chi connectivity index (χ0v) is 12.3. The molecule has 21 heavy (non-hydrogen) atoms. The lowest BCUT2D eigenvalue weighted by Gasteiger charge is -2.01. The van der Waals surface area contributed by atoms with Gasteiger partial charge in [0.25, 0.3) is 0 Å². The van der Waals surface area contributed by atoms with Crippen LogP contribution in [0.2, 0.25) is 0 Å². The van der Waals surface area contributed by atoms with Crippen LogP contribution in [0, 0.1) is 5.92 Å². The average molecular weight is 278 g/mol. The molecule has 0 atom stereocenters. The molecule has 0 saturated heterocycles. The number of Topliss-reactive ketones (excluding diaryl/α,β-unsaturated/α-hetero) is 1. The van der Waals surface area contributed by atoms with Crippen molar-refractivity contribution in [1.29, 1.82) is 0 Å². The summed E-state index contributed by atoms with van der Waals surface area (Å²) in [7, 11) is 0. The molecular weight excluding hydrogens is 260 g/mol. The summed E-state index contributed by atoms with van der Waals surface area (Å²) in [4.78, 5) is 12.0. The molecule has 106 valence electrons. The van der Waals surface area contributed by atoms with Crippen molar-refractivity contribution in [2.45, 2.75) is 20.3 Å². The van der Waals surface area contributed by atoms with E-state index < -0.39 is 0 Å². The number of furan rings is 1. The zero-order chi connectivity index (χ0) is 14.8. The van der Waals surface area contributed by atoms with Crippen LogP contribution in [0.3, 0.4) is 0 Å². The first-order valence-corrected chi connectivity index (χ1v) is 7.24. The van der Waals surface area contributed by atoms with E-state index in [2.05, 4.69) is 24.3 Å².